The molecule has 1 N–H and O–H groups in total. The van der Waals surface area contributed by atoms with Crippen LogP contribution in [0.2, 0.25) is 0 Å². The lowest BCUT2D eigenvalue weighted by atomic mass is 10.0. The molecule has 0 saturated carbocycles. The molecule has 0 amide bonds. The summed E-state index contributed by atoms with van der Waals surface area (Å²) in [6.07, 6.45) is 1.78. The topological polar surface area (TPSA) is 59.9 Å². The molecule has 0 unspecified atom stereocenters. The number of nitrogens with zero attached hydrogens (tertiary/aromatic N) is 3. The minimum Gasteiger partial charge on any atom is -0.376 e. The maximum Gasteiger partial charge on any atom is 0.166 e. The van der Waals surface area contributed by atoms with Crippen LogP contribution < -0.4 is 5.32 Å². The highest BCUT2D eigenvalue weighted by atomic mass is 32.1. The molecule has 1 saturated heterocycles. The summed E-state index contributed by atoms with van der Waals surface area (Å²) in [5.74, 6) is 0. The van der Waals surface area contributed by atoms with Crippen molar-refractivity contribution < 1.29 is 4.74 Å². The van der Waals surface area contributed by atoms with E-state index in [0.29, 0.717) is 0 Å². The van der Waals surface area contributed by atoms with Gasteiger partial charge in [0.15, 0.2) is 5.01 Å². The van der Waals surface area contributed by atoms with Crippen molar-refractivity contribution >= 4 is 17.0 Å². The number of aromatic nitrogens is 3. The molecule has 1 fully saturated rings. The molecular weight excluding hydrogens is 236 g/mol. The fourth-order valence-corrected chi connectivity index (χ4v) is 2.26. The zero-order chi connectivity index (χ0) is 11.7. The van der Waals surface area contributed by atoms with Crippen LogP contribution in [0.5, 0.6) is 0 Å². The number of hydrogen-bond donors (Lipinski definition) is 1. The molecule has 0 aromatic carbocycles. The van der Waals surface area contributed by atoms with Crippen LogP contribution in [0.15, 0.2) is 23.8 Å². The molecule has 6 heteroatoms. The summed E-state index contributed by atoms with van der Waals surface area (Å²) < 4.78 is 5.21. The summed E-state index contributed by atoms with van der Waals surface area (Å²) in [6, 6.07) is 3.94. The van der Waals surface area contributed by atoms with Gasteiger partial charge in [0.25, 0.3) is 0 Å². The maximum atomic E-state index is 5.21. The zero-order valence-electron chi connectivity index (χ0n) is 9.38. The van der Waals surface area contributed by atoms with Gasteiger partial charge in [-0.25, -0.2) is 0 Å². The van der Waals surface area contributed by atoms with Crippen LogP contribution in [-0.2, 0) is 4.74 Å². The van der Waals surface area contributed by atoms with Crippen molar-refractivity contribution in [1.82, 2.24) is 15.2 Å². The summed E-state index contributed by atoms with van der Waals surface area (Å²) >= 11 is 1.49. The quantitative estimate of drug-likeness (QED) is 0.897. The molecule has 1 aliphatic heterocycles. The lowest BCUT2D eigenvalue weighted by Crippen LogP contribution is -2.53. The molecule has 3 rings (SSSR count). The van der Waals surface area contributed by atoms with Crippen molar-refractivity contribution in [3.05, 3.63) is 23.8 Å². The van der Waals surface area contributed by atoms with Crippen molar-refractivity contribution in [3.8, 4) is 10.7 Å². The first-order valence-electron chi connectivity index (χ1n) is 5.34. The van der Waals surface area contributed by atoms with Crippen LogP contribution in [-0.4, -0.2) is 33.9 Å². The third-order valence-corrected chi connectivity index (χ3v) is 3.34. The highest BCUT2D eigenvalue weighted by Crippen LogP contribution is 2.25. The third kappa shape index (κ3) is 2.13. The van der Waals surface area contributed by atoms with Gasteiger partial charge in [0.2, 0.25) is 0 Å². The molecule has 0 atom stereocenters. The van der Waals surface area contributed by atoms with Gasteiger partial charge in [-0.05, 0) is 19.1 Å². The second kappa shape index (κ2) is 4.05. The van der Waals surface area contributed by atoms with Gasteiger partial charge in [0.1, 0.15) is 11.2 Å². The van der Waals surface area contributed by atoms with E-state index in [1.165, 1.54) is 11.3 Å². The number of rotatable bonds is 3. The SMILES string of the molecule is CC1(Nc2ccnc(-c3nncs3)c2)COC1. The maximum absolute atomic E-state index is 5.21. The first-order valence-corrected chi connectivity index (χ1v) is 6.22. The lowest BCUT2D eigenvalue weighted by Gasteiger charge is -2.39. The summed E-state index contributed by atoms with van der Waals surface area (Å²) in [7, 11) is 0. The minimum absolute atomic E-state index is 0.0414. The molecule has 2 aromatic rings. The normalized spacial score (nSPS) is 17.5. The molecule has 5 nitrogen and oxygen atoms in total. The Bertz CT molecular complexity index is 510. The van der Waals surface area contributed by atoms with E-state index in [2.05, 4.69) is 27.4 Å². The highest BCUT2D eigenvalue weighted by molar-refractivity contribution is 7.12. The number of pyridine rings is 1. The van der Waals surface area contributed by atoms with Crippen molar-refractivity contribution in [2.75, 3.05) is 18.5 Å². The van der Waals surface area contributed by atoms with Crippen LogP contribution in [0.4, 0.5) is 5.69 Å². The first-order chi connectivity index (χ1) is 8.25. The number of nitrogens with one attached hydrogen (secondary N) is 1. The Morgan fingerprint density at radius 3 is 3.00 bits per heavy atom. The second-order valence-electron chi connectivity index (χ2n) is 4.35. The fourth-order valence-electron chi connectivity index (χ4n) is 1.74. The minimum atomic E-state index is 0.0414. The van der Waals surface area contributed by atoms with E-state index in [9.17, 15) is 0 Å². The summed E-state index contributed by atoms with van der Waals surface area (Å²) in [5.41, 5.74) is 3.63. The number of hydrogen-bond acceptors (Lipinski definition) is 6. The zero-order valence-corrected chi connectivity index (χ0v) is 10.2. The van der Waals surface area contributed by atoms with Gasteiger partial charge in [0, 0.05) is 11.9 Å². The first kappa shape index (κ1) is 10.6. The molecule has 88 valence electrons. The molecule has 1 aliphatic rings. The Hall–Kier alpha value is -1.53. The number of anilines is 1. The van der Waals surface area contributed by atoms with Crippen LogP contribution in [0, 0.1) is 0 Å². The Morgan fingerprint density at radius 1 is 1.47 bits per heavy atom. The van der Waals surface area contributed by atoms with Crippen LogP contribution in [0.25, 0.3) is 10.7 Å². The molecule has 0 radical (unpaired) electrons. The Balaban J connectivity index is 1.84. The van der Waals surface area contributed by atoms with Crippen molar-refractivity contribution in [3.63, 3.8) is 0 Å². The average molecular weight is 248 g/mol. The smallest absolute Gasteiger partial charge is 0.166 e. The lowest BCUT2D eigenvalue weighted by molar-refractivity contribution is -0.0318. The largest absolute Gasteiger partial charge is 0.376 e. The van der Waals surface area contributed by atoms with Gasteiger partial charge in [-0.1, -0.05) is 11.3 Å². The van der Waals surface area contributed by atoms with Gasteiger partial charge < -0.3 is 10.1 Å². The van der Waals surface area contributed by atoms with Crippen molar-refractivity contribution in [2.45, 2.75) is 12.5 Å². The highest BCUT2D eigenvalue weighted by Gasteiger charge is 2.33. The second-order valence-corrected chi connectivity index (χ2v) is 5.19. The van der Waals surface area contributed by atoms with Crippen LogP contribution in [0.3, 0.4) is 0 Å². The monoisotopic (exact) mass is 248 g/mol. The standard InChI is InChI=1S/C11H12N4OS/c1-11(5-16-6-11)14-8-2-3-12-9(4-8)10-15-13-7-17-10/h2-4,7H,5-6H2,1H3,(H,12,14). The molecule has 17 heavy (non-hydrogen) atoms. The molecular formula is C11H12N4OS. The van der Waals surface area contributed by atoms with Gasteiger partial charge in [-0.2, -0.15) is 0 Å². The Kier molecular flexibility index (Phi) is 2.53. The Labute approximate surface area is 103 Å². The molecule has 2 aromatic heterocycles. The van der Waals surface area contributed by atoms with E-state index in [0.717, 1.165) is 29.6 Å². The fraction of sp³-hybridized carbons (Fsp3) is 0.364. The van der Waals surface area contributed by atoms with E-state index in [4.69, 9.17) is 4.74 Å². The predicted molar refractivity (Wildman–Crippen MR) is 66.0 cm³/mol. The van der Waals surface area contributed by atoms with Crippen LogP contribution in [0.1, 0.15) is 6.92 Å². The van der Waals surface area contributed by atoms with E-state index in [-0.39, 0.29) is 5.54 Å². The average Bonchev–Trinajstić information content (AvgIpc) is 2.81. The number of ether oxygens (including phenoxy) is 1. The van der Waals surface area contributed by atoms with Gasteiger partial charge in [-0.3, -0.25) is 4.98 Å². The van der Waals surface area contributed by atoms with Gasteiger partial charge >= 0.3 is 0 Å². The van der Waals surface area contributed by atoms with E-state index in [1.807, 2.05) is 12.1 Å². The molecule has 3 heterocycles. The summed E-state index contributed by atoms with van der Waals surface area (Å²) in [6.45, 7) is 3.62. The molecule has 0 spiro atoms. The summed E-state index contributed by atoms with van der Waals surface area (Å²) in [5, 5.41) is 12.1. The van der Waals surface area contributed by atoms with Crippen LogP contribution >= 0.6 is 11.3 Å². The Morgan fingerprint density at radius 2 is 2.35 bits per heavy atom. The van der Waals surface area contributed by atoms with E-state index < -0.39 is 0 Å². The van der Waals surface area contributed by atoms with E-state index in [1.54, 1.807) is 11.7 Å². The van der Waals surface area contributed by atoms with Crippen molar-refractivity contribution in [1.29, 1.82) is 0 Å². The molecule has 0 aliphatic carbocycles. The van der Waals surface area contributed by atoms with Crippen molar-refractivity contribution in [2.24, 2.45) is 0 Å². The predicted octanol–water partition coefficient (Wildman–Crippen LogP) is 1.80. The van der Waals surface area contributed by atoms with Gasteiger partial charge in [-0.15, -0.1) is 10.2 Å². The molecule has 0 bridgehead atoms. The third-order valence-electron chi connectivity index (χ3n) is 2.63. The van der Waals surface area contributed by atoms with Gasteiger partial charge in [0.05, 0.1) is 18.8 Å². The van der Waals surface area contributed by atoms with E-state index >= 15 is 0 Å². The summed E-state index contributed by atoms with van der Waals surface area (Å²) in [4.78, 5) is 4.29.